The second-order valence-corrected chi connectivity index (χ2v) is 6.78. The van der Waals surface area contributed by atoms with Crippen molar-refractivity contribution in [3.05, 3.63) is 59.0 Å². The molecule has 2 amide bonds. The number of thioether (sulfide) groups is 1. The van der Waals surface area contributed by atoms with Crippen LogP contribution in [0.15, 0.2) is 58.3 Å². The lowest BCUT2D eigenvalue weighted by Gasteiger charge is -2.18. The second-order valence-electron chi connectivity index (χ2n) is 5.70. The van der Waals surface area contributed by atoms with Crippen molar-refractivity contribution < 1.29 is 19.1 Å². The molecule has 0 unspecified atom stereocenters. The van der Waals surface area contributed by atoms with Gasteiger partial charge in [0.15, 0.2) is 11.5 Å². The summed E-state index contributed by atoms with van der Waals surface area (Å²) in [5.74, 6) is 0.656. The lowest BCUT2D eigenvalue weighted by atomic mass is 10.2. The maximum Gasteiger partial charge on any atom is 0.262 e. The third-order valence-electron chi connectivity index (χ3n) is 3.84. The Kier molecular flexibility index (Phi) is 6.03. The van der Waals surface area contributed by atoms with Crippen LogP contribution in [0.4, 0.5) is 5.69 Å². The van der Waals surface area contributed by atoms with E-state index < -0.39 is 0 Å². The van der Waals surface area contributed by atoms with E-state index in [0.717, 1.165) is 16.1 Å². The lowest BCUT2D eigenvalue weighted by molar-refractivity contribution is -0.117. The number of carbonyl (C=O) groups is 2. The summed E-state index contributed by atoms with van der Waals surface area (Å²) in [7, 11) is 1.57. The van der Waals surface area contributed by atoms with Gasteiger partial charge in [-0.05, 0) is 36.8 Å². The Labute approximate surface area is 161 Å². The number of hydrogen-bond donors (Lipinski definition) is 2. The van der Waals surface area contributed by atoms with Crippen molar-refractivity contribution in [1.82, 2.24) is 5.32 Å². The van der Waals surface area contributed by atoms with Crippen LogP contribution < -0.4 is 20.1 Å². The number of hydrogen-bond acceptors (Lipinski definition) is 5. The summed E-state index contributed by atoms with van der Waals surface area (Å²) in [6.45, 7) is 2.76. The Morgan fingerprint density at radius 2 is 2.04 bits per heavy atom. The van der Waals surface area contributed by atoms with Gasteiger partial charge in [0.1, 0.15) is 0 Å². The van der Waals surface area contributed by atoms with E-state index in [1.54, 1.807) is 7.11 Å². The third-order valence-corrected chi connectivity index (χ3v) is 4.93. The zero-order chi connectivity index (χ0) is 19.2. The molecule has 6 nitrogen and oxygen atoms in total. The smallest absolute Gasteiger partial charge is 0.262 e. The topological polar surface area (TPSA) is 76.7 Å². The first kappa shape index (κ1) is 18.8. The Morgan fingerprint density at radius 1 is 1.22 bits per heavy atom. The molecule has 140 valence electrons. The van der Waals surface area contributed by atoms with Gasteiger partial charge in [0, 0.05) is 17.5 Å². The number of anilines is 1. The number of carbonyl (C=O) groups excluding carboxylic acids is 2. The van der Waals surface area contributed by atoms with Crippen molar-refractivity contribution in [2.24, 2.45) is 0 Å². The number of benzene rings is 2. The summed E-state index contributed by atoms with van der Waals surface area (Å²) >= 11 is 1.28. The molecule has 0 aliphatic carbocycles. The molecule has 0 atom stereocenters. The fraction of sp³-hybridized carbons (Fsp3) is 0.200. The average Bonchev–Trinajstić information content (AvgIpc) is 2.68. The fourth-order valence-corrected chi connectivity index (χ4v) is 3.48. The minimum absolute atomic E-state index is 0.281. The molecule has 0 saturated carbocycles. The zero-order valence-corrected chi connectivity index (χ0v) is 15.9. The normalized spacial score (nSPS) is 14.3. The van der Waals surface area contributed by atoms with E-state index >= 15 is 0 Å². The molecule has 0 bridgehead atoms. The van der Waals surface area contributed by atoms with Crippen molar-refractivity contribution in [3.63, 3.8) is 0 Å². The molecule has 3 rings (SSSR count). The van der Waals surface area contributed by atoms with Crippen molar-refractivity contribution in [2.75, 3.05) is 19.0 Å². The molecule has 2 aromatic rings. The molecule has 7 heteroatoms. The van der Waals surface area contributed by atoms with E-state index in [9.17, 15) is 9.59 Å². The molecule has 0 spiro atoms. The molecular formula is C20H20N2O4S. The Hall–Kier alpha value is -2.93. The van der Waals surface area contributed by atoms with Crippen LogP contribution in [-0.4, -0.2) is 25.5 Å². The second kappa shape index (κ2) is 8.64. The molecule has 2 aromatic carbocycles. The molecule has 1 aliphatic heterocycles. The quantitative estimate of drug-likeness (QED) is 0.747. The highest BCUT2D eigenvalue weighted by atomic mass is 32.2. The number of ether oxygens (including phenoxy) is 2. The van der Waals surface area contributed by atoms with Crippen LogP contribution in [0.2, 0.25) is 0 Å². The number of para-hydroxylation sites is 1. The van der Waals surface area contributed by atoms with Gasteiger partial charge in [-0.25, -0.2) is 0 Å². The summed E-state index contributed by atoms with van der Waals surface area (Å²) in [4.78, 5) is 25.6. The van der Waals surface area contributed by atoms with Gasteiger partial charge >= 0.3 is 0 Å². The van der Waals surface area contributed by atoms with Gasteiger partial charge in [-0.1, -0.05) is 30.0 Å². The van der Waals surface area contributed by atoms with Gasteiger partial charge in [-0.2, -0.15) is 0 Å². The molecule has 27 heavy (non-hydrogen) atoms. The van der Waals surface area contributed by atoms with E-state index in [2.05, 4.69) is 10.6 Å². The molecule has 1 heterocycles. The fourth-order valence-electron chi connectivity index (χ4n) is 2.56. The highest BCUT2D eigenvalue weighted by Crippen LogP contribution is 2.37. The zero-order valence-electron chi connectivity index (χ0n) is 15.1. The predicted molar refractivity (Wildman–Crippen MR) is 105 cm³/mol. The summed E-state index contributed by atoms with van der Waals surface area (Å²) in [6.07, 6.45) is 1.32. The number of methoxy groups -OCH3 is 1. The van der Waals surface area contributed by atoms with Crippen LogP contribution in [0.5, 0.6) is 11.5 Å². The first-order valence-corrected chi connectivity index (χ1v) is 9.30. The van der Waals surface area contributed by atoms with Crippen LogP contribution in [0.25, 0.3) is 0 Å². The molecular weight excluding hydrogens is 364 g/mol. The van der Waals surface area contributed by atoms with Crippen LogP contribution in [-0.2, 0) is 16.1 Å². The number of fused-ring (bicyclic) bond motifs is 1. The highest BCUT2D eigenvalue weighted by molar-refractivity contribution is 8.04. The van der Waals surface area contributed by atoms with Gasteiger partial charge in [0.25, 0.3) is 5.91 Å². The van der Waals surface area contributed by atoms with Gasteiger partial charge < -0.3 is 20.1 Å². The van der Waals surface area contributed by atoms with Gasteiger partial charge in [0.05, 0.1) is 24.3 Å². The van der Waals surface area contributed by atoms with Crippen molar-refractivity contribution in [3.8, 4) is 11.5 Å². The van der Waals surface area contributed by atoms with Crippen molar-refractivity contribution in [2.45, 2.75) is 18.4 Å². The first-order valence-electron chi connectivity index (χ1n) is 8.48. The van der Waals surface area contributed by atoms with Crippen LogP contribution in [0.3, 0.4) is 0 Å². The van der Waals surface area contributed by atoms with Crippen molar-refractivity contribution in [1.29, 1.82) is 0 Å². The maximum absolute atomic E-state index is 12.2. The largest absolute Gasteiger partial charge is 0.493 e. The van der Waals surface area contributed by atoms with E-state index in [1.165, 1.54) is 17.8 Å². The summed E-state index contributed by atoms with van der Waals surface area (Å²) in [5.41, 5.74) is 1.62. The van der Waals surface area contributed by atoms with Gasteiger partial charge in [0.2, 0.25) is 5.91 Å². The summed E-state index contributed by atoms with van der Waals surface area (Å²) in [5, 5.41) is 5.57. The minimum Gasteiger partial charge on any atom is -0.493 e. The standard InChI is InChI=1S/C20H20N2O4S/c1-3-26-15-9-8-13(10-16(15)25-2)12-21-19(23)11-18-20(24)22-14-6-4-5-7-17(14)27-18/h4-11H,3,12H2,1-2H3,(H,21,23)(H,22,24)/b18-11-. The summed E-state index contributed by atoms with van der Waals surface area (Å²) < 4.78 is 10.8. The Morgan fingerprint density at radius 3 is 2.81 bits per heavy atom. The summed E-state index contributed by atoms with van der Waals surface area (Å²) in [6, 6.07) is 13.0. The first-order chi connectivity index (χ1) is 13.1. The van der Waals surface area contributed by atoms with E-state index in [1.807, 2.05) is 49.4 Å². The van der Waals surface area contributed by atoms with Crippen LogP contribution >= 0.6 is 11.8 Å². The Balaban J connectivity index is 1.64. The number of rotatable bonds is 6. The number of nitrogens with one attached hydrogen (secondary N) is 2. The highest BCUT2D eigenvalue weighted by Gasteiger charge is 2.21. The maximum atomic E-state index is 12.2. The van der Waals surface area contributed by atoms with Crippen LogP contribution in [0.1, 0.15) is 12.5 Å². The molecule has 1 aliphatic rings. The van der Waals surface area contributed by atoms with Gasteiger partial charge in [-0.15, -0.1) is 0 Å². The Bertz CT molecular complexity index is 895. The number of amides is 2. The lowest BCUT2D eigenvalue weighted by Crippen LogP contribution is -2.23. The molecule has 2 N–H and O–H groups in total. The molecule has 0 saturated heterocycles. The van der Waals surface area contributed by atoms with Gasteiger partial charge in [-0.3, -0.25) is 9.59 Å². The van der Waals surface area contributed by atoms with E-state index in [0.29, 0.717) is 29.6 Å². The SMILES string of the molecule is CCOc1ccc(CNC(=O)/C=C2\Sc3ccccc3NC2=O)cc1OC. The average molecular weight is 384 g/mol. The van der Waals surface area contributed by atoms with Crippen LogP contribution in [0, 0.1) is 0 Å². The van der Waals surface area contributed by atoms with E-state index in [-0.39, 0.29) is 11.8 Å². The predicted octanol–water partition coefficient (Wildman–Crippen LogP) is 3.34. The molecule has 0 fully saturated rings. The van der Waals surface area contributed by atoms with Crippen molar-refractivity contribution >= 4 is 29.3 Å². The third kappa shape index (κ3) is 4.62. The minimum atomic E-state index is -0.333. The molecule has 0 aromatic heterocycles. The van der Waals surface area contributed by atoms with E-state index in [4.69, 9.17) is 9.47 Å². The molecule has 0 radical (unpaired) electrons. The monoisotopic (exact) mass is 384 g/mol.